The fraction of sp³-hybridized carbons (Fsp3) is 0.429. The molecule has 1 aliphatic rings. The minimum Gasteiger partial charge on any atom is -0.491 e. The van der Waals surface area contributed by atoms with Crippen LogP contribution in [0.3, 0.4) is 0 Å². The molecule has 0 unspecified atom stereocenters. The van der Waals surface area contributed by atoms with Gasteiger partial charge >= 0.3 is 0 Å². The Morgan fingerprint density at radius 3 is 2.62 bits per heavy atom. The van der Waals surface area contributed by atoms with Gasteiger partial charge in [-0.25, -0.2) is 0 Å². The van der Waals surface area contributed by atoms with Gasteiger partial charge in [-0.2, -0.15) is 0 Å². The average Bonchev–Trinajstić information content (AvgIpc) is 2.66. The molecule has 5 nitrogen and oxygen atoms in total. The Labute approximate surface area is 154 Å². The summed E-state index contributed by atoms with van der Waals surface area (Å²) in [5.74, 6) is 1.54. The molecule has 0 amide bonds. The van der Waals surface area contributed by atoms with Crippen molar-refractivity contribution in [2.45, 2.75) is 25.0 Å². The van der Waals surface area contributed by atoms with Crippen LogP contribution in [-0.4, -0.2) is 53.6 Å². The predicted octanol–water partition coefficient (Wildman–Crippen LogP) is 2.46. The van der Waals surface area contributed by atoms with Gasteiger partial charge in [-0.1, -0.05) is 30.3 Å². The van der Waals surface area contributed by atoms with Gasteiger partial charge < -0.3 is 19.7 Å². The summed E-state index contributed by atoms with van der Waals surface area (Å²) in [6, 6.07) is 17.5. The van der Waals surface area contributed by atoms with Gasteiger partial charge in [0.1, 0.15) is 30.3 Å². The fourth-order valence-corrected chi connectivity index (χ4v) is 3.35. The van der Waals surface area contributed by atoms with Crippen molar-refractivity contribution in [1.82, 2.24) is 4.90 Å². The lowest BCUT2D eigenvalue weighted by molar-refractivity contribution is -0.0621. The zero-order valence-corrected chi connectivity index (χ0v) is 15.0. The summed E-state index contributed by atoms with van der Waals surface area (Å²) in [7, 11) is 0. The molecule has 1 saturated heterocycles. The summed E-state index contributed by atoms with van der Waals surface area (Å²) in [4.78, 5) is 2.25. The van der Waals surface area contributed by atoms with Crippen molar-refractivity contribution in [3.63, 3.8) is 0 Å². The second kappa shape index (κ2) is 9.03. The highest BCUT2D eigenvalue weighted by molar-refractivity contribution is 5.28. The summed E-state index contributed by atoms with van der Waals surface area (Å²) < 4.78 is 11.3. The van der Waals surface area contributed by atoms with E-state index in [-0.39, 0.29) is 6.61 Å². The molecule has 2 aromatic carbocycles. The molecular formula is C21H27NO4. The van der Waals surface area contributed by atoms with Crippen LogP contribution in [0.2, 0.25) is 0 Å². The quantitative estimate of drug-likeness (QED) is 0.760. The summed E-state index contributed by atoms with van der Waals surface area (Å²) in [6.45, 7) is 2.89. The number of piperidine rings is 1. The fourth-order valence-electron chi connectivity index (χ4n) is 3.35. The first-order chi connectivity index (χ1) is 12.7. The maximum atomic E-state index is 10.9. The van der Waals surface area contributed by atoms with Gasteiger partial charge in [0, 0.05) is 13.1 Å². The van der Waals surface area contributed by atoms with Crippen molar-refractivity contribution in [1.29, 1.82) is 0 Å². The zero-order chi connectivity index (χ0) is 18.2. The van der Waals surface area contributed by atoms with Gasteiger partial charge in [-0.05, 0) is 49.2 Å². The lowest BCUT2D eigenvalue weighted by Crippen LogP contribution is -2.51. The molecule has 2 N–H and O–H groups in total. The molecule has 1 atom stereocenters. The van der Waals surface area contributed by atoms with Gasteiger partial charge in [0.25, 0.3) is 0 Å². The van der Waals surface area contributed by atoms with Crippen LogP contribution in [0.25, 0.3) is 0 Å². The monoisotopic (exact) mass is 357 g/mol. The zero-order valence-electron chi connectivity index (χ0n) is 15.0. The summed E-state index contributed by atoms with van der Waals surface area (Å²) in [6.07, 6.45) is 1.69. The number of nitrogens with zero attached hydrogens (tertiary/aromatic N) is 1. The lowest BCUT2D eigenvalue weighted by Gasteiger charge is -2.39. The van der Waals surface area contributed by atoms with Crippen LogP contribution in [0, 0.1) is 0 Å². The van der Waals surface area contributed by atoms with E-state index < -0.39 is 5.60 Å². The van der Waals surface area contributed by atoms with Gasteiger partial charge in [0.2, 0.25) is 0 Å². The smallest absolute Gasteiger partial charge is 0.119 e. The van der Waals surface area contributed by atoms with Crippen molar-refractivity contribution < 1.29 is 19.7 Å². The van der Waals surface area contributed by atoms with Gasteiger partial charge in [-0.3, -0.25) is 4.90 Å². The molecular weight excluding hydrogens is 330 g/mol. The van der Waals surface area contributed by atoms with Crippen LogP contribution in [0.4, 0.5) is 0 Å². The number of likely N-dealkylation sites (tertiary alicyclic amines) is 1. The molecule has 140 valence electrons. The van der Waals surface area contributed by atoms with E-state index in [4.69, 9.17) is 14.6 Å². The number of hydrogen-bond donors (Lipinski definition) is 2. The maximum absolute atomic E-state index is 10.9. The highest BCUT2D eigenvalue weighted by Crippen LogP contribution is 2.25. The van der Waals surface area contributed by atoms with E-state index in [1.807, 2.05) is 48.5 Å². The molecule has 3 rings (SSSR count). The number of aliphatic hydroxyl groups is 2. The van der Waals surface area contributed by atoms with E-state index in [9.17, 15) is 5.11 Å². The van der Waals surface area contributed by atoms with Crippen LogP contribution in [-0.2, 0) is 6.54 Å². The summed E-state index contributed by atoms with van der Waals surface area (Å²) >= 11 is 0. The molecule has 0 bridgehead atoms. The lowest BCUT2D eigenvalue weighted by atomic mass is 9.93. The topological polar surface area (TPSA) is 62.2 Å². The van der Waals surface area contributed by atoms with Gasteiger partial charge in [-0.15, -0.1) is 0 Å². The molecule has 1 aliphatic heterocycles. The van der Waals surface area contributed by atoms with Crippen molar-refractivity contribution >= 4 is 0 Å². The number of para-hydroxylation sites is 1. The highest BCUT2D eigenvalue weighted by Gasteiger charge is 2.34. The summed E-state index contributed by atoms with van der Waals surface area (Å²) in [5.41, 5.74) is 0.299. The molecule has 1 heterocycles. The molecule has 1 fully saturated rings. The Kier molecular flexibility index (Phi) is 6.50. The van der Waals surface area contributed by atoms with Crippen molar-refractivity contribution in [3.05, 3.63) is 60.2 Å². The number of rotatable bonds is 8. The SMILES string of the molecule is OCCOc1cccc(CN2CCC[C@](O)(COc3ccccc3)C2)c1. The van der Waals surface area contributed by atoms with Gasteiger partial charge in [0.15, 0.2) is 0 Å². The molecule has 0 radical (unpaired) electrons. The van der Waals surface area contributed by atoms with E-state index in [1.165, 1.54) is 0 Å². The minimum atomic E-state index is -0.834. The first kappa shape index (κ1) is 18.7. The number of ether oxygens (including phenoxy) is 2. The second-order valence-electron chi connectivity index (χ2n) is 6.86. The van der Waals surface area contributed by atoms with E-state index in [2.05, 4.69) is 11.0 Å². The highest BCUT2D eigenvalue weighted by atomic mass is 16.5. The summed E-state index contributed by atoms with van der Waals surface area (Å²) in [5, 5.41) is 19.8. The number of β-amino-alcohol motifs (C(OH)–C–C–N with tert-alkyl or cyclic N) is 1. The molecule has 2 aromatic rings. The van der Waals surface area contributed by atoms with Crippen LogP contribution in [0.1, 0.15) is 18.4 Å². The van der Waals surface area contributed by atoms with Crippen molar-refractivity contribution in [2.24, 2.45) is 0 Å². The number of benzene rings is 2. The van der Waals surface area contributed by atoms with E-state index in [1.54, 1.807) is 0 Å². The third-order valence-corrected chi connectivity index (χ3v) is 4.55. The number of aliphatic hydroxyl groups excluding tert-OH is 1. The normalized spacial score (nSPS) is 20.7. The second-order valence-corrected chi connectivity index (χ2v) is 6.86. The third-order valence-electron chi connectivity index (χ3n) is 4.55. The van der Waals surface area contributed by atoms with E-state index in [0.717, 1.165) is 43.0 Å². The Hall–Kier alpha value is -2.08. The standard InChI is InChI=1S/C21H27NO4/c23-12-13-25-20-9-4-6-18(14-20)15-22-11-5-10-21(24,16-22)17-26-19-7-2-1-3-8-19/h1-4,6-9,14,23-24H,5,10-13,15-17H2/t21-/m1/s1. The maximum Gasteiger partial charge on any atom is 0.119 e. The molecule has 0 saturated carbocycles. The predicted molar refractivity (Wildman–Crippen MR) is 100 cm³/mol. The van der Waals surface area contributed by atoms with Crippen molar-refractivity contribution in [2.75, 3.05) is 32.9 Å². The molecule has 0 spiro atoms. The first-order valence-corrected chi connectivity index (χ1v) is 9.12. The van der Waals surface area contributed by atoms with E-state index >= 15 is 0 Å². The van der Waals surface area contributed by atoms with Crippen molar-refractivity contribution in [3.8, 4) is 11.5 Å². The molecule has 0 aliphatic carbocycles. The Morgan fingerprint density at radius 1 is 1.00 bits per heavy atom. The molecule has 0 aromatic heterocycles. The molecule has 5 heteroatoms. The van der Waals surface area contributed by atoms with Gasteiger partial charge in [0.05, 0.1) is 6.61 Å². The third kappa shape index (κ3) is 5.46. The Morgan fingerprint density at radius 2 is 1.81 bits per heavy atom. The van der Waals surface area contributed by atoms with Crippen LogP contribution >= 0.6 is 0 Å². The number of hydrogen-bond acceptors (Lipinski definition) is 5. The van der Waals surface area contributed by atoms with Crippen LogP contribution in [0.5, 0.6) is 11.5 Å². The Bertz CT molecular complexity index is 679. The van der Waals surface area contributed by atoms with Crippen LogP contribution in [0.15, 0.2) is 54.6 Å². The Balaban J connectivity index is 1.56. The minimum absolute atomic E-state index is 0.00476. The average molecular weight is 357 g/mol. The largest absolute Gasteiger partial charge is 0.491 e. The van der Waals surface area contributed by atoms with Crippen LogP contribution < -0.4 is 9.47 Å². The first-order valence-electron chi connectivity index (χ1n) is 9.12. The molecule has 26 heavy (non-hydrogen) atoms. The van der Waals surface area contributed by atoms with E-state index in [0.29, 0.717) is 19.8 Å².